The average Bonchev–Trinajstić information content (AvgIpc) is 3.17. The lowest BCUT2D eigenvalue weighted by atomic mass is 9.87. The molecule has 1 N–H and O–H groups in total. The zero-order valence-electron chi connectivity index (χ0n) is 16.3. The minimum absolute atomic E-state index is 0.614. The Morgan fingerprint density at radius 2 is 1.82 bits per heavy atom. The van der Waals surface area contributed by atoms with E-state index in [4.69, 9.17) is 4.74 Å². The quantitative estimate of drug-likeness (QED) is 0.755. The average molecular weight is 378 g/mol. The molecular weight excluding hydrogens is 352 g/mol. The van der Waals surface area contributed by atoms with E-state index in [1.165, 1.54) is 24.0 Å². The number of aryl methyl sites for hydroxylation is 1. The molecule has 146 valence electrons. The molecule has 28 heavy (non-hydrogen) atoms. The summed E-state index contributed by atoms with van der Waals surface area (Å²) in [7, 11) is 0. The number of rotatable bonds is 3. The molecule has 0 saturated carbocycles. The second-order valence-corrected chi connectivity index (χ2v) is 7.68. The van der Waals surface area contributed by atoms with Gasteiger partial charge in [0.05, 0.1) is 24.9 Å². The molecule has 3 aromatic rings. The van der Waals surface area contributed by atoms with Gasteiger partial charge in [-0.1, -0.05) is 0 Å². The first-order valence-electron chi connectivity index (χ1n) is 10.1. The predicted molar refractivity (Wildman–Crippen MR) is 109 cm³/mol. The van der Waals surface area contributed by atoms with E-state index in [1.807, 2.05) is 16.9 Å². The Kier molecular flexibility index (Phi) is 4.70. The summed E-state index contributed by atoms with van der Waals surface area (Å²) in [6, 6.07) is 6.62. The van der Waals surface area contributed by atoms with Crippen molar-refractivity contribution in [3.63, 3.8) is 0 Å². The summed E-state index contributed by atoms with van der Waals surface area (Å²) in [5.41, 5.74) is 3.92. The Morgan fingerprint density at radius 1 is 1.04 bits per heavy atom. The van der Waals surface area contributed by atoms with Crippen molar-refractivity contribution < 1.29 is 4.74 Å². The summed E-state index contributed by atoms with van der Waals surface area (Å²) in [4.78, 5) is 11.2. The molecule has 5 rings (SSSR count). The van der Waals surface area contributed by atoms with Gasteiger partial charge in [0.15, 0.2) is 5.82 Å². The molecule has 2 aliphatic rings. The van der Waals surface area contributed by atoms with E-state index in [0.29, 0.717) is 5.92 Å². The van der Waals surface area contributed by atoms with Crippen LogP contribution < -0.4 is 10.2 Å². The van der Waals surface area contributed by atoms with Crippen molar-refractivity contribution in [3.8, 4) is 5.82 Å². The van der Waals surface area contributed by atoms with Crippen LogP contribution in [0, 0.1) is 6.92 Å². The monoisotopic (exact) mass is 378 g/mol. The molecule has 7 nitrogen and oxygen atoms in total. The number of hydrogen-bond acceptors (Lipinski definition) is 6. The first-order chi connectivity index (χ1) is 13.8. The fraction of sp³-hybridized carbons (Fsp3) is 0.476. The van der Waals surface area contributed by atoms with Gasteiger partial charge >= 0.3 is 0 Å². The number of ether oxygens (including phenoxy) is 1. The molecule has 1 aromatic carbocycles. The number of morpholine rings is 1. The Hall–Kier alpha value is -2.51. The SMILES string of the molecule is Cc1cc2cnn(-c3cc(N4CCOCC4)ncn3)c2cc1C1CCNCC1. The number of fused-ring (bicyclic) bond motifs is 1. The van der Waals surface area contributed by atoms with Crippen molar-refractivity contribution in [2.75, 3.05) is 44.3 Å². The van der Waals surface area contributed by atoms with Crippen molar-refractivity contribution in [2.45, 2.75) is 25.7 Å². The minimum Gasteiger partial charge on any atom is -0.378 e. The van der Waals surface area contributed by atoms with Crippen LogP contribution in [-0.2, 0) is 4.74 Å². The Morgan fingerprint density at radius 3 is 2.64 bits per heavy atom. The Bertz CT molecular complexity index is 972. The summed E-state index contributed by atoms with van der Waals surface area (Å²) >= 11 is 0. The van der Waals surface area contributed by atoms with Gasteiger partial charge < -0.3 is 15.0 Å². The topological polar surface area (TPSA) is 68.1 Å². The molecule has 0 bridgehead atoms. The zero-order chi connectivity index (χ0) is 18.9. The molecule has 0 spiro atoms. The largest absolute Gasteiger partial charge is 0.378 e. The van der Waals surface area contributed by atoms with Crippen LogP contribution in [0.25, 0.3) is 16.7 Å². The molecule has 0 radical (unpaired) electrons. The number of piperidine rings is 1. The number of anilines is 1. The van der Waals surface area contributed by atoms with Gasteiger partial charge in [-0.25, -0.2) is 14.6 Å². The van der Waals surface area contributed by atoms with Crippen LogP contribution in [0.15, 0.2) is 30.7 Å². The van der Waals surface area contributed by atoms with Crippen LogP contribution in [0.3, 0.4) is 0 Å². The number of hydrogen-bond donors (Lipinski definition) is 1. The first-order valence-corrected chi connectivity index (χ1v) is 10.1. The summed E-state index contributed by atoms with van der Waals surface area (Å²) in [5.74, 6) is 2.36. The van der Waals surface area contributed by atoms with Crippen LogP contribution in [0.2, 0.25) is 0 Å². The van der Waals surface area contributed by atoms with E-state index in [-0.39, 0.29) is 0 Å². The third kappa shape index (κ3) is 3.25. The van der Waals surface area contributed by atoms with E-state index < -0.39 is 0 Å². The lowest BCUT2D eigenvalue weighted by Crippen LogP contribution is -2.36. The van der Waals surface area contributed by atoms with Crippen molar-refractivity contribution in [2.24, 2.45) is 0 Å². The summed E-state index contributed by atoms with van der Waals surface area (Å²) in [5, 5.41) is 9.27. The smallest absolute Gasteiger partial charge is 0.159 e. The van der Waals surface area contributed by atoms with Crippen LogP contribution in [0.4, 0.5) is 5.82 Å². The molecule has 2 aromatic heterocycles. The fourth-order valence-electron chi connectivity index (χ4n) is 4.38. The number of nitrogens with one attached hydrogen (secondary N) is 1. The second kappa shape index (κ2) is 7.48. The van der Waals surface area contributed by atoms with E-state index in [0.717, 1.165) is 61.9 Å². The highest BCUT2D eigenvalue weighted by Crippen LogP contribution is 2.32. The number of benzene rings is 1. The van der Waals surface area contributed by atoms with Crippen molar-refractivity contribution in [1.29, 1.82) is 0 Å². The van der Waals surface area contributed by atoms with Crippen molar-refractivity contribution >= 4 is 16.7 Å². The molecule has 0 amide bonds. The Labute approximate surface area is 164 Å². The summed E-state index contributed by atoms with van der Waals surface area (Å²) in [6.45, 7) is 7.60. The highest BCUT2D eigenvalue weighted by molar-refractivity contribution is 5.82. The van der Waals surface area contributed by atoms with Crippen LogP contribution >= 0.6 is 0 Å². The van der Waals surface area contributed by atoms with Gasteiger partial charge in [0.25, 0.3) is 0 Å². The zero-order valence-corrected chi connectivity index (χ0v) is 16.3. The maximum Gasteiger partial charge on any atom is 0.159 e. The van der Waals surface area contributed by atoms with Gasteiger partial charge in [-0.15, -0.1) is 0 Å². The van der Waals surface area contributed by atoms with E-state index >= 15 is 0 Å². The van der Waals surface area contributed by atoms with E-state index in [9.17, 15) is 0 Å². The lowest BCUT2D eigenvalue weighted by Gasteiger charge is -2.27. The lowest BCUT2D eigenvalue weighted by molar-refractivity contribution is 0.122. The van der Waals surface area contributed by atoms with Gasteiger partial charge in [-0.2, -0.15) is 5.10 Å². The number of nitrogens with zero attached hydrogens (tertiary/aromatic N) is 5. The highest BCUT2D eigenvalue weighted by Gasteiger charge is 2.20. The number of aromatic nitrogens is 4. The van der Waals surface area contributed by atoms with Crippen molar-refractivity contribution in [1.82, 2.24) is 25.1 Å². The van der Waals surface area contributed by atoms with Crippen LogP contribution in [-0.4, -0.2) is 59.1 Å². The van der Waals surface area contributed by atoms with Crippen LogP contribution in [0.1, 0.15) is 29.9 Å². The third-order valence-electron chi connectivity index (χ3n) is 5.93. The summed E-state index contributed by atoms with van der Waals surface area (Å²) < 4.78 is 7.41. The minimum atomic E-state index is 0.614. The van der Waals surface area contributed by atoms with Gasteiger partial charge in [0, 0.05) is 24.5 Å². The molecule has 0 unspecified atom stereocenters. The maximum atomic E-state index is 5.46. The molecule has 0 aliphatic carbocycles. The fourth-order valence-corrected chi connectivity index (χ4v) is 4.38. The predicted octanol–water partition coefficient (Wildman–Crippen LogP) is 2.43. The van der Waals surface area contributed by atoms with Gasteiger partial charge in [-0.05, 0) is 62.0 Å². The molecule has 0 atom stereocenters. The molecule has 2 fully saturated rings. The normalized spacial score (nSPS) is 18.7. The second-order valence-electron chi connectivity index (χ2n) is 7.68. The van der Waals surface area contributed by atoms with Gasteiger partial charge in [0.2, 0.25) is 0 Å². The van der Waals surface area contributed by atoms with Gasteiger partial charge in [0.1, 0.15) is 12.1 Å². The van der Waals surface area contributed by atoms with E-state index in [2.05, 4.69) is 44.3 Å². The standard InChI is InChI=1S/C21H26N6O/c1-15-10-17-13-25-27(19(17)11-18(15)16-2-4-22-5-3-16)21-12-20(23-14-24-21)26-6-8-28-9-7-26/h10-14,16,22H,2-9H2,1H3. The molecule has 4 heterocycles. The highest BCUT2D eigenvalue weighted by atomic mass is 16.5. The van der Waals surface area contributed by atoms with Crippen molar-refractivity contribution in [3.05, 3.63) is 41.9 Å². The first kappa shape index (κ1) is 17.6. The van der Waals surface area contributed by atoms with E-state index in [1.54, 1.807) is 6.33 Å². The third-order valence-corrected chi connectivity index (χ3v) is 5.93. The van der Waals surface area contributed by atoms with Crippen LogP contribution in [0.5, 0.6) is 0 Å². The molecular formula is C21H26N6O. The molecule has 2 aliphatic heterocycles. The molecule has 7 heteroatoms. The maximum absolute atomic E-state index is 5.46. The van der Waals surface area contributed by atoms with Gasteiger partial charge in [-0.3, -0.25) is 0 Å². The molecule has 2 saturated heterocycles. The Balaban J connectivity index is 1.54. The summed E-state index contributed by atoms with van der Waals surface area (Å²) in [6.07, 6.45) is 5.95.